The van der Waals surface area contributed by atoms with Gasteiger partial charge in [-0.15, -0.1) is 0 Å². The smallest absolute Gasteiger partial charge is 0.121 e. The van der Waals surface area contributed by atoms with E-state index in [4.69, 9.17) is 5.11 Å². The molecule has 1 unspecified atom stereocenters. The van der Waals surface area contributed by atoms with Crippen molar-refractivity contribution in [3.05, 3.63) is 81.1 Å². The molecule has 1 atom stereocenters. The number of phenolic OH excluding ortho intramolecular Hbond substituents is 2. The van der Waals surface area contributed by atoms with E-state index in [9.17, 15) is 10.2 Å². The molecule has 2 aromatic rings. The summed E-state index contributed by atoms with van der Waals surface area (Å²) in [6.07, 6.45) is 9.74. The highest BCUT2D eigenvalue weighted by atomic mass is 16.3. The number of hydrogen-bond donors (Lipinski definition) is 3. The Labute approximate surface area is 265 Å². The minimum Gasteiger partial charge on any atom is -0.511 e. The van der Waals surface area contributed by atoms with Gasteiger partial charge in [0.05, 0.1) is 0 Å². The molecule has 2 aromatic carbocycles. The van der Waals surface area contributed by atoms with Crippen LogP contribution in [0, 0.1) is 50.4 Å². The van der Waals surface area contributed by atoms with E-state index in [1.165, 1.54) is 22.3 Å². The molecule has 0 heterocycles. The van der Waals surface area contributed by atoms with E-state index >= 15 is 0 Å². The maximum Gasteiger partial charge on any atom is 0.121 e. The lowest BCUT2D eigenvalue weighted by molar-refractivity contribution is 0.175. The minimum absolute atomic E-state index is 0.0648. The molecule has 242 valence electrons. The van der Waals surface area contributed by atoms with Crippen LogP contribution >= 0.6 is 0 Å². The summed E-state index contributed by atoms with van der Waals surface area (Å²) in [4.78, 5) is 0. The average Bonchev–Trinajstić information content (AvgIpc) is 2.98. The Bertz CT molecular complexity index is 1200. The molecule has 0 spiro atoms. The lowest BCUT2D eigenvalue weighted by Gasteiger charge is -2.47. The van der Waals surface area contributed by atoms with Crippen molar-refractivity contribution in [2.24, 2.45) is 22.7 Å². The number of hydrogen-bond acceptors (Lipinski definition) is 3. The predicted molar refractivity (Wildman–Crippen MR) is 187 cm³/mol. The molecule has 0 amide bonds. The Morgan fingerprint density at radius 3 is 1.70 bits per heavy atom. The van der Waals surface area contributed by atoms with Crippen LogP contribution in [0.1, 0.15) is 129 Å². The van der Waals surface area contributed by atoms with Crippen molar-refractivity contribution >= 4 is 0 Å². The molecule has 0 aromatic heterocycles. The van der Waals surface area contributed by atoms with Gasteiger partial charge in [-0.05, 0) is 124 Å². The van der Waals surface area contributed by atoms with Gasteiger partial charge in [-0.3, -0.25) is 0 Å². The van der Waals surface area contributed by atoms with E-state index in [0.29, 0.717) is 23.3 Å². The Morgan fingerprint density at radius 2 is 1.28 bits per heavy atom. The fraction of sp³-hybridized carbons (Fsp3) is 0.600. The molecule has 3 rings (SSSR count). The monoisotopic (exact) mass is 592 g/mol. The van der Waals surface area contributed by atoms with Crippen molar-refractivity contribution in [2.75, 3.05) is 0 Å². The van der Waals surface area contributed by atoms with Crippen molar-refractivity contribution in [3.8, 4) is 11.5 Å². The zero-order valence-electron chi connectivity index (χ0n) is 29.9. The summed E-state index contributed by atoms with van der Waals surface area (Å²) < 4.78 is 0. The number of aliphatic hydroxyl groups is 1. The summed E-state index contributed by atoms with van der Waals surface area (Å²) in [5.41, 5.74) is 8.16. The first-order valence-electron chi connectivity index (χ1n) is 16.8. The quantitative estimate of drug-likeness (QED) is 0.254. The molecule has 3 N–H and O–H groups in total. The van der Waals surface area contributed by atoms with Crippen LogP contribution in [0.5, 0.6) is 11.5 Å². The molecule has 0 saturated heterocycles. The molecular formula is C40H64O3. The van der Waals surface area contributed by atoms with Gasteiger partial charge in [0.2, 0.25) is 0 Å². The third kappa shape index (κ3) is 9.16. The molecule has 0 radical (unpaired) electrons. The summed E-state index contributed by atoms with van der Waals surface area (Å²) >= 11 is 0. The number of aryl methyl sites for hydroxylation is 3. The van der Waals surface area contributed by atoms with E-state index in [1.807, 2.05) is 52.0 Å². The van der Waals surface area contributed by atoms with Crippen LogP contribution in [0.2, 0.25) is 0 Å². The Kier molecular flexibility index (Phi) is 15.1. The van der Waals surface area contributed by atoms with E-state index in [1.54, 1.807) is 6.07 Å². The average molecular weight is 593 g/mol. The van der Waals surface area contributed by atoms with Gasteiger partial charge in [0, 0.05) is 10.8 Å². The topological polar surface area (TPSA) is 60.7 Å². The van der Waals surface area contributed by atoms with Gasteiger partial charge in [-0.1, -0.05) is 98.2 Å². The summed E-state index contributed by atoms with van der Waals surface area (Å²) in [7, 11) is 0. The van der Waals surface area contributed by atoms with Gasteiger partial charge < -0.3 is 15.3 Å². The first-order chi connectivity index (χ1) is 20.1. The Morgan fingerprint density at radius 1 is 0.698 bits per heavy atom. The molecule has 3 nitrogen and oxygen atoms in total. The van der Waals surface area contributed by atoms with Gasteiger partial charge in [-0.25, -0.2) is 0 Å². The maximum atomic E-state index is 11.5. The van der Waals surface area contributed by atoms with Gasteiger partial charge >= 0.3 is 0 Å². The van der Waals surface area contributed by atoms with Crippen LogP contribution in [0.3, 0.4) is 0 Å². The number of rotatable bonds is 9. The molecule has 1 aliphatic carbocycles. The first-order valence-corrected chi connectivity index (χ1v) is 16.8. The number of phenols is 2. The second-order valence-corrected chi connectivity index (χ2v) is 13.4. The van der Waals surface area contributed by atoms with Crippen LogP contribution < -0.4 is 0 Å². The van der Waals surface area contributed by atoms with Crippen molar-refractivity contribution in [3.63, 3.8) is 0 Å². The van der Waals surface area contributed by atoms with Gasteiger partial charge in [0.25, 0.3) is 0 Å². The first kappa shape index (κ1) is 38.3. The van der Waals surface area contributed by atoms with E-state index in [2.05, 4.69) is 68.4 Å². The molecule has 43 heavy (non-hydrogen) atoms. The van der Waals surface area contributed by atoms with Crippen molar-refractivity contribution in [2.45, 2.75) is 135 Å². The number of aliphatic hydroxyl groups excluding tert-OH is 1. The lowest BCUT2D eigenvalue weighted by atomic mass is 9.58. The number of benzene rings is 2. The van der Waals surface area contributed by atoms with Crippen LogP contribution in [0.4, 0.5) is 0 Å². The molecule has 3 heteroatoms. The molecule has 0 fully saturated rings. The number of para-hydroxylation sites is 1. The lowest BCUT2D eigenvalue weighted by Crippen LogP contribution is -2.37. The van der Waals surface area contributed by atoms with Crippen LogP contribution in [-0.2, 0) is 6.42 Å². The standard InChI is InChI=1S/C22H40O.C10H14O.C8H10O/c1-9-18-15-21(10-2,11-3)19(13-16(5)6)20(23)22(18,12-4)14-17(7)8;1-6-5-7(2)10(11)9(4)8(6)3;1-2-7-5-3-4-6-8(7)9/h15-17,23H,9-14H2,1-8H3;5,11H,1-4H3;3-6,9H,2H2,1H3. The summed E-state index contributed by atoms with van der Waals surface area (Å²) in [6, 6.07) is 9.40. The van der Waals surface area contributed by atoms with E-state index in [0.717, 1.165) is 67.4 Å². The van der Waals surface area contributed by atoms with Gasteiger partial charge in [0.15, 0.2) is 0 Å². The Hall–Kier alpha value is -2.68. The Balaban J connectivity index is 0.000000378. The van der Waals surface area contributed by atoms with E-state index < -0.39 is 0 Å². The van der Waals surface area contributed by atoms with Crippen molar-refractivity contribution in [1.29, 1.82) is 0 Å². The molecular weight excluding hydrogens is 528 g/mol. The number of allylic oxidation sites excluding steroid dienone is 3. The highest BCUT2D eigenvalue weighted by Gasteiger charge is 2.46. The van der Waals surface area contributed by atoms with Gasteiger partial charge in [-0.2, -0.15) is 0 Å². The summed E-state index contributed by atoms with van der Waals surface area (Å²) in [5.74, 6) is 2.73. The molecule has 1 aliphatic rings. The highest BCUT2D eigenvalue weighted by Crippen LogP contribution is 2.56. The van der Waals surface area contributed by atoms with E-state index in [-0.39, 0.29) is 10.8 Å². The van der Waals surface area contributed by atoms with Crippen LogP contribution in [0.25, 0.3) is 0 Å². The molecule has 0 saturated carbocycles. The van der Waals surface area contributed by atoms with Crippen LogP contribution in [-0.4, -0.2) is 15.3 Å². The normalized spacial score (nSPS) is 17.7. The third-order valence-electron chi connectivity index (χ3n) is 9.71. The SMILES string of the molecule is CCC1=CC(CC)(CC)C(CC(C)C)=C(O)C1(CC)CC(C)C.CCc1ccccc1O.Cc1cc(C)c(O)c(C)c1C. The van der Waals surface area contributed by atoms with Crippen molar-refractivity contribution < 1.29 is 15.3 Å². The zero-order valence-corrected chi connectivity index (χ0v) is 29.9. The van der Waals surface area contributed by atoms with Gasteiger partial charge in [0.1, 0.15) is 17.3 Å². The maximum absolute atomic E-state index is 11.5. The summed E-state index contributed by atoms with van der Waals surface area (Å²) in [5, 5.41) is 30.1. The second-order valence-electron chi connectivity index (χ2n) is 13.4. The summed E-state index contributed by atoms with van der Waals surface area (Å²) in [6.45, 7) is 28.2. The highest BCUT2D eigenvalue weighted by molar-refractivity contribution is 5.47. The minimum atomic E-state index is -0.124. The fourth-order valence-corrected chi connectivity index (χ4v) is 6.81. The predicted octanol–water partition coefficient (Wildman–Crippen LogP) is 12.0. The zero-order chi connectivity index (χ0) is 33.1. The van der Waals surface area contributed by atoms with Crippen molar-refractivity contribution in [1.82, 2.24) is 0 Å². The number of aromatic hydroxyl groups is 2. The molecule has 0 bridgehead atoms. The third-order valence-corrected chi connectivity index (χ3v) is 9.71. The molecule has 0 aliphatic heterocycles. The van der Waals surface area contributed by atoms with Crippen LogP contribution in [0.15, 0.2) is 53.3 Å². The second kappa shape index (κ2) is 17.0. The largest absolute Gasteiger partial charge is 0.511 e. The fourth-order valence-electron chi connectivity index (χ4n) is 6.81.